The maximum atomic E-state index is 12.3. The zero-order chi connectivity index (χ0) is 15.6. The van der Waals surface area contributed by atoms with Gasteiger partial charge in [-0.2, -0.15) is 0 Å². The molecule has 0 aromatic heterocycles. The Bertz CT molecular complexity index is 559. The van der Waals surface area contributed by atoms with Crippen LogP contribution in [-0.4, -0.2) is 45.8 Å². The number of carboxylic acids is 1. The molecule has 1 heterocycles. The number of hydrogen-bond acceptors (Lipinski definition) is 3. The maximum absolute atomic E-state index is 12.3. The number of β-amino-alcohol motifs (C(OH)–C–C–N with tert-alkyl or cyclic N) is 1. The predicted molar refractivity (Wildman–Crippen MR) is 78.3 cm³/mol. The molecule has 0 spiro atoms. The Morgan fingerprint density at radius 2 is 2.14 bits per heavy atom. The first-order valence-corrected chi connectivity index (χ1v) is 7.01. The van der Waals surface area contributed by atoms with E-state index in [1.165, 1.54) is 4.90 Å². The number of urea groups is 1. The van der Waals surface area contributed by atoms with E-state index in [1.807, 2.05) is 32.0 Å². The van der Waals surface area contributed by atoms with Crippen LogP contribution in [0.4, 0.5) is 10.5 Å². The smallest absolute Gasteiger partial charge is 0.326 e. The van der Waals surface area contributed by atoms with E-state index in [9.17, 15) is 14.7 Å². The van der Waals surface area contributed by atoms with Gasteiger partial charge >= 0.3 is 12.0 Å². The van der Waals surface area contributed by atoms with E-state index in [1.54, 1.807) is 0 Å². The number of carbonyl (C=O) groups is 2. The summed E-state index contributed by atoms with van der Waals surface area (Å²) in [5.41, 5.74) is 2.64. The van der Waals surface area contributed by atoms with Crippen molar-refractivity contribution in [1.82, 2.24) is 4.90 Å². The van der Waals surface area contributed by atoms with Gasteiger partial charge in [-0.05, 0) is 24.5 Å². The number of hydrogen-bond donors (Lipinski definition) is 3. The van der Waals surface area contributed by atoms with E-state index in [0.717, 1.165) is 23.2 Å². The number of aliphatic hydroxyl groups is 1. The monoisotopic (exact) mass is 292 g/mol. The van der Waals surface area contributed by atoms with Gasteiger partial charge in [0.05, 0.1) is 6.10 Å². The first-order chi connectivity index (χ1) is 9.93. The molecule has 0 aliphatic carbocycles. The summed E-state index contributed by atoms with van der Waals surface area (Å²) >= 11 is 0. The number of nitrogens with zero attached hydrogens (tertiary/aromatic N) is 1. The van der Waals surface area contributed by atoms with Crippen LogP contribution < -0.4 is 5.32 Å². The lowest BCUT2D eigenvalue weighted by Crippen LogP contribution is -2.43. The van der Waals surface area contributed by atoms with Gasteiger partial charge in [-0.25, -0.2) is 9.59 Å². The van der Waals surface area contributed by atoms with Crippen LogP contribution in [0.2, 0.25) is 0 Å². The first-order valence-electron chi connectivity index (χ1n) is 7.01. The highest BCUT2D eigenvalue weighted by Gasteiger charge is 2.39. The summed E-state index contributed by atoms with van der Waals surface area (Å²) in [4.78, 5) is 24.7. The summed E-state index contributed by atoms with van der Waals surface area (Å²) in [5, 5.41) is 21.5. The van der Waals surface area contributed by atoms with Gasteiger partial charge < -0.3 is 20.4 Å². The van der Waals surface area contributed by atoms with E-state index in [0.29, 0.717) is 0 Å². The molecule has 1 aromatic rings. The van der Waals surface area contributed by atoms with Gasteiger partial charge in [0.1, 0.15) is 6.04 Å². The van der Waals surface area contributed by atoms with Gasteiger partial charge in [0.25, 0.3) is 0 Å². The Morgan fingerprint density at radius 3 is 2.76 bits per heavy atom. The topological polar surface area (TPSA) is 89.9 Å². The normalized spacial score (nSPS) is 21.4. The highest BCUT2D eigenvalue weighted by Crippen LogP contribution is 2.24. The Kier molecular flexibility index (Phi) is 4.47. The zero-order valence-corrected chi connectivity index (χ0v) is 12.2. The fourth-order valence-corrected chi connectivity index (χ4v) is 2.65. The third-order valence-electron chi connectivity index (χ3n) is 3.80. The highest BCUT2D eigenvalue weighted by molar-refractivity contribution is 5.94. The number of benzene rings is 1. The van der Waals surface area contributed by atoms with Crippen molar-refractivity contribution in [1.29, 1.82) is 0 Å². The van der Waals surface area contributed by atoms with Crippen molar-refractivity contribution in [3.63, 3.8) is 0 Å². The van der Waals surface area contributed by atoms with Crippen molar-refractivity contribution in [2.45, 2.75) is 38.8 Å². The average Bonchev–Trinajstić information content (AvgIpc) is 2.83. The van der Waals surface area contributed by atoms with Gasteiger partial charge in [-0.15, -0.1) is 0 Å². The van der Waals surface area contributed by atoms with Crippen molar-refractivity contribution in [2.75, 3.05) is 11.9 Å². The highest BCUT2D eigenvalue weighted by atomic mass is 16.4. The Hall–Kier alpha value is -2.08. The van der Waals surface area contributed by atoms with Gasteiger partial charge in [-0.1, -0.05) is 25.1 Å². The van der Waals surface area contributed by atoms with Crippen LogP contribution in [0.5, 0.6) is 0 Å². The molecule has 1 aromatic carbocycles. The largest absolute Gasteiger partial charge is 0.480 e. The number of aryl methyl sites for hydroxylation is 2. The molecule has 0 bridgehead atoms. The van der Waals surface area contributed by atoms with Crippen LogP contribution in [0.3, 0.4) is 0 Å². The van der Waals surface area contributed by atoms with E-state index < -0.39 is 24.1 Å². The van der Waals surface area contributed by atoms with Crippen LogP contribution in [-0.2, 0) is 11.2 Å². The zero-order valence-electron chi connectivity index (χ0n) is 12.2. The van der Waals surface area contributed by atoms with E-state index in [2.05, 4.69) is 5.32 Å². The molecule has 1 fully saturated rings. The lowest BCUT2D eigenvalue weighted by atomic mass is 10.1. The Morgan fingerprint density at radius 1 is 1.43 bits per heavy atom. The molecule has 6 nitrogen and oxygen atoms in total. The van der Waals surface area contributed by atoms with Gasteiger partial charge in [-0.3, -0.25) is 0 Å². The molecule has 0 radical (unpaired) electrons. The van der Waals surface area contributed by atoms with E-state index in [4.69, 9.17) is 5.11 Å². The number of carbonyl (C=O) groups excluding carboxylic acids is 1. The second-order valence-electron chi connectivity index (χ2n) is 5.29. The van der Waals surface area contributed by atoms with Crippen LogP contribution in [0.1, 0.15) is 24.5 Å². The standard InChI is InChI=1S/C15H20N2O4/c1-3-10-6-4-5-9(2)13(10)16-15(21)17-8-11(18)7-12(17)14(19)20/h4-6,11-12,18H,3,7-8H2,1-2H3,(H,16,21)(H,19,20)/t11-,12+/m1/s1. The number of amides is 2. The molecule has 2 amide bonds. The molecule has 1 aliphatic heterocycles. The quantitative estimate of drug-likeness (QED) is 0.789. The summed E-state index contributed by atoms with van der Waals surface area (Å²) in [6.07, 6.45) is 0.0405. The van der Waals surface area contributed by atoms with Crippen molar-refractivity contribution >= 4 is 17.7 Å². The maximum Gasteiger partial charge on any atom is 0.326 e. The minimum absolute atomic E-state index is 0.0378. The van der Waals surface area contributed by atoms with Crippen LogP contribution >= 0.6 is 0 Å². The second-order valence-corrected chi connectivity index (χ2v) is 5.29. The van der Waals surface area contributed by atoms with Gasteiger partial charge in [0.2, 0.25) is 0 Å². The Labute approximate surface area is 123 Å². The lowest BCUT2D eigenvalue weighted by molar-refractivity contribution is -0.141. The summed E-state index contributed by atoms with van der Waals surface area (Å²) < 4.78 is 0. The lowest BCUT2D eigenvalue weighted by Gasteiger charge is -2.23. The molecule has 1 aliphatic rings. The molecule has 0 unspecified atom stereocenters. The molecule has 21 heavy (non-hydrogen) atoms. The molecule has 3 N–H and O–H groups in total. The number of carboxylic acid groups (broad SMARTS) is 1. The minimum Gasteiger partial charge on any atom is -0.480 e. The first kappa shape index (κ1) is 15.3. The summed E-state index contributed by atoms with van der Waals surface area (Å²) in [5.74, 6) is -1.10. The summed E-state index contributed by atoms with van der Waals surface area (Å²) in [6.45, 7) is 3.92. The van der Waals surface area contributed by atoms with Crippen molar-refractivity contribution in [2.24, 2.45) is 0 Å². The molecule has 2 rings (SSSR count). The molecular formula is C15H20N2O4. The molecule has 114 valence electrons. The van der Waals surface area contributed by atoms with Gasteiger partial charge in [0.15, 0.2) is 0 Å². The van der Waals surface area contributed by atoms with Crippen molar-refractivity contribution < 1.29 is 19.8 Å². The third kappa shape index (κ3) is 3.16. The second kappa shape index (κ2) is 6.13. The number of anilines is 1. The molecular weight excluding hydrogens is 272 g/mol. The fraction of sp³-hybridized carbons (Fsp3) is 0.467. The molecule has 2 atom stereocenters. The number of aliphatic carboxylic acids is 1. The molecule has 0 saturated carbocycles. The third-order valence-corrected chi connectivity index (χ3v) is 3.80. The number of rotatable bonds is 3. The molecule has 6 heteroatoms. The number of aliphatic hydroxyl groups excluding tert-OH is 1. The van der Waals surface area contributed by atoms with Crippen LogP contribution in [0.15, 0.2) is 18.2 Å². The minimum atomic E-state index is -1.10. The Balaban J connectivity index is 2.20. The summed E-state index contributed by atoms with van der Waals surface area (Å²) in [6, 6.07) is 4.28. The number of nitrogens with one attached hydrogen (secondary N) is 1. The van der Waals surface area contributed by atoms with E-state index in [-0.39, 0.29) is 13.0 Å². The van der Waals surface area contributed by atoms with Crippen LogP contribution in [0, 0.1) is 6.92 Å². The fourth-order valence-electron chi connectivity index (χ4n) is 2.65. The predicted octanol–water partition coefficient (Wildman–Crippen LogP) is 1.61. The van der Waals surface area contributed by atoms with E-state index >= 15 is 0 Å². The van der Waals surface area contributed by atoms with Crippen molar-refractivity contribution in [3.05, 3.63) is 29.3 Å². The number of para-hydroxylation sites is 1. The summed E-state index contributed by atoms with van der Waals surface area (Å²) in [7, 11) is 0. The molecule has 1 saturated heterocycles. The van der Waals surface area contributed by atoms with Gasteiger partial charge in [0, 0.05) is 18.7 Å². The van der Waals surface area contributed by atoms with Crippen molar-refractivity contribution in [3.8, 4) is 0 Å². The average molecular weight is 292 g/mol. The SMILES string of the molecule is CCc1cccc(C)c1NC(=O)N1C[C@H](O)C[C@H]1C(=O)O. The van der Waals surface area contributed by atoms with Crippen LogP contribution in [0.25, 0.3) is 0 Å². The number of likely N-dealkylation sites (tertiary alicyclic amines) is 1.